The van der Waals surface area contributed by atoms with Gasteiger partial charge in [-0.1, -0.05) is 12.1 Å². The summed E-state index contributed by atoms with van der Waals surface area (Å²) in [7, 11) is 0. The number of carbonyl (C=O) groups is 3. The Balaban J connectivity index is 1.35. The van der Waals surface area contributed by atoms with Gasteiger partial charge in [0.2, 0.25) is 5.91 Å². The number of amides is 1. The number of ketones is 2. The molecule has 0 unspecified atom stereocenters. The van der Waals surface area contributed by atoms with Crippen molar-refractivity contribution < 1.29 is 32.3 Å². The number of primary amides is 1. The Morgan fingerprint density at radius 3 is 2.26 bits per heavy atom. The summed E-state index contributed by atoms with van der Waals surface area (Å²) < 4.78 is 48.9. The minimum absolute atomic E-state index is 0.0457. The van der Waals surface area contributed by atoms with Crippen LogP contribution >= 0.6 is 0 Å². The molecule has 0 spiro atoms. The fraction of sp³-hybridized carbons (Fsp3) is 0.200. The number of benzene rings is 3. The van der Waals surface area contributed by atoms with Crippen LogP contribution in [0.15, 0.2) is 60.8 Å². The zero-order chi connectivity index (χ0) is 27.9. The lowest BCUT2D eigenvalue weighted by molar-refractivity contribution is -0.133. The molecule has 0 bridgehead atoms. The molecule has 3 aromatic carbocycles. The van der Waals surface area contributed by atoms with Crippen LogP contribution in [0.4, 0.5) is 13.2 Å². The van der Waals surface area contributed by atoms with Crippen LogP contribution in [0.25, 0.3) is 10.9 Å². The second-order valence-electron chi connectivity index (χ2n) is 9.74. The van der Waals surface area contributed by atoms with Crippen molar-refractivity contribution in [3.63, 3.8) is 0 Å². The van der Waals surface area contributed by atoms with Gasteiger partial charge in [0.25, 0.3) is 0 Å². The van der Waals surface area contributed by atoms with Gasteiger partial charge in [-0.25, -0.2) is 13.2 Å². The Hall–Kier alpha value is -4.53. The number of Topliss-reactive ketones (excluding diaryl/α,β-unsaturated/α-hetero) is 2. The summed E-state index contributed by atoms with van der Waals surface area (Å²) in [5.74, 6) is -3.82. The number of aromatic nitrogens is 1. The van der Waals surface area contributed by atoms with E-state index in [9.17, 15) is 18.8 Å². The fourth-order valence-corrected chi connectivity index (χ4v) is 4.67. The molecule has 1 amide bonds. The maximum absolute atomic E-state index is 15.0. The zero-order valence-corrected chi connectivity index (χ0v) is 20.9. The van der Waals surface area contributed by atoms with Crippen molar-refractivity contribution in [1.82, 2.24) is 4.98 Å². The normalized spacial score (nSPS) is 13.7. The van der Waals surface area contributed by atoms with Crippen LogP contribution < -0.4 is 10.5 Å². The minimum atomic E-state index is -1.23. The number of rotatable bonds is 9. The highest BCUT2D eigenvalue weighted by Crippen LogP contribution is 2.49. The van der Waals surface area contributed by atoms with E-state index in [0.717, 1.165) is 12.1 Å². The highest BCUT2D eigenvalue weighted by atomic mass is 19.1. The summed E-state index contributed by atoms with van der Waals surface area (Å²) in [6, 6.07) is 11.8. The van der Waals surface area contributed by atoms with Crippen molar-refractivity contribution in [2.24, 2.45) is 11.1 Å². The summed E-state index contributed by atoms with van der Waals surface area (Å²) in [5, 5.41) is 0.467. The molecule has 0 saturated heterocycles. The Morgan fingerprint density at radius 2 is 1.59 bits per heavy atom. The van der Waals surface area contributed by atoms with E-state index < -0.39 is 46.7 Å². The number of carbonyl (C=O) groups excluding carboxylic acids is 3. The lowest BCUT2D eigenvalue weighted by Gasteiger charge is -2.15. The van der Waals surface area contributed by atoms with E-state index in [4.69, 9.17) is 10.5 Å². The average molecular weight is 533 g/mol. The number of fused-ring (bicyclic) bond motifs is 1. The summed E-state index contributed by atoms with van der Waals surface area (Å²) in [4.78, 5) is 41.7. The number of halogens is 3. The van der Waals surface area contributed by atoms with Crippen molar-refractivity contribution in [2.45, 2.75) is 32.6 Å². The van der Waals surface area contributed by atoms with Crippen LogP contribution in [0, 0.1) is 29.8 Å². The van der Waals surface area contributed by atoms with Crippen LogP contribution in [0.3, 0.4) is 0 Å². The molecule has 0 atom stereocenters. The largest absolute Gasteiger partial charge is 0.453 e. The molecule has 0 aliphatic heterocycles. The summed E-state index contributed by atoms with van der Waals surface area (Å²) >= 11 is 0. The lowest BCUT2D eigenvalue weighted by atomic mass is 9.87. The lowest BCUT2D eigenvalue weighted by Crippen LogP contribution is -2.29. The quantitative estimate of drug-likeness (QED) is 0.285. The van der Waals surface area contributed by atoms with Gasteiger partial charge in [-0.05, 0) is 72.9 Å². The molecular formula is C30H23F3N2O4. The van der Waals surface area contributed by atoms with Crippen LogP contribution in [-0.4, -0.2) is 22.5 Å². The molecular weight excluding hydrogens is 509 g/mol. The number of hydrogen-bond donors (Lipinski definition) is 1. The molecule has 39 heavy (non-hydrogen) atoms. The van der Waals surface area contributed by atoms with Gasteiger partial charge in [-0.15, -0.1) is 0 Å². The van der Waals surface area contributed by atoms with Crippen LogP contribution in [-0.2, 0) is 22.4 Å². The van der Waals surface area contributed by atoms with Crippen LogP contribution in [0.5, 0.6) is 11.5 Å². The Labute approximate surface area is 221 Å². The third-order valence-corrected chi connectivity index (χ3v) is 7.08. The molecule has 6 nitrogen and oxygen atoms in total. The van der Waals surface area contributed by atoms with Gasteiger partial charge in [-0.3, -0.25) is 19.4 Å². The van der Waals surface area contributed by atoms with E-state index in [-0.39, 0.29) is 29.1 Å². The highest BCUT2D eigenvalue weighted by Gasteiger charge is 2.54. The molecule has 5 rings (SSSR count). The Morgan fingerprint density at radius 1 is 0.897 bits per heavy atom. The van der Waals surface area contributed by atoms with E-state index >= 15 is 8.78 Å². The summed E-state index contributed by atoms with van der Waals surface area (Å²) in [5.41, 5.74) is 5.78. The first-order valence-corrected chi connectivity index (χ1v) is 12.2. The maximum Gasteiger partial charge on any atom is 0.249 e. The molecule has 1 heterocycles. The number of aryl methyl sites for hydroxylation is 1. The number of pyridine rings is 1. The molecule has 2 N–H and O–H groups in total. The highest BCUT2D eigenvalue weighted by molar-refractivity contribution is 6.11. The van der Waals surface area contributed by atoms with Gasteiger partial charge < -0.3 is 10.5 Å². The van der Waals surface area contributed by atoms with Gasteiger partial charge in [-0.2, -0.15) is 0 Å². The Kier molecular flexibility index (Phi) is 6.68. The first kappa shape index (κ1) is 26.1. The average Bonchev–Trinajstić information content (AvgIpc) is 3.70. The second-order valence-corrected chi connectivity index (χ2v) is 9.74. The van der Waals surface area contributed by atoms with Crippen molar-refractivity contribution in [1.29, 1.82) is 0 Å². The Bertz CT molecular complexity index is 1650. The number of hydrogen-bond acceptors (Lipinski definition) is 5. The smallest absolute Gasteiger partial charge is 0.249 e. The molecule has 1 aliphatic carbocycles. The van der Waals surface area contributed by atoms with Crippen molar-refractivity contribution in [3.05, 3.63) is 100 Å². The molecule has 1 aromatic heterocycles. The van der Waals surface area contributed by atoms with Crippen molar-refractivity contribution in [3.8, 4) is 11.5 Å². The van der Waals surface area contributed by atoms with E-state index in [1.54, 1.807) is 13.0 Å². The molecule has 1 saturated carbocycles. The predicted molar refractivity (Wildman–Crippen MR) is 137 cm³/mol. The topological polar surface area (TPSA) is 99.3 Å². The zero-order valence-electron chi connectivity index (χ0n) is 20.9. The SMILES string of the molecule is Cc1cc2c(Oc3cc(F)c(CC(=O)C4(C(=O)Cc5ccc(F)cc5)CC4)cc3F)ccnc2cc1C(N)=O. The number of ether oxygens (including phenoxy) is 1. The molecule has 1 fully saturated rings. The van der Waals surface area contributed by atoms with E-state index in [0.29, 0.717) is 34.9 Å². The van der Waals surface area contributed by atoms with Gasteiger partial charge in [0.15, 0.2) is 23.1 Å². The van der Waals surface area contributed by atoms with Crippen molar-refractivity contribution >= 4 is 28.4 Å². The van der Waals surface area contributed by atoms with Gasteiger partial charge in [0, 0.05) is 36.1 Å². The summed E-state index contributed by atoms with van der Waals surface area (Å²) in [6.07, 6.45) is 1.57. The number of nitrogens with zero attached hydrogens (tertiary/aromatic N) is 1. The minimum Gasteiger partial charge on any atom is -0.453 e. The predicted octanol–water partition coefficient (Wildman–Crippen LogP) is 5.56. The number of nitrogens with two attached hydrogens (primary N) is 1. The maximum atomic E-state index is 15.0. The second kappa shape index (κ2) is 9.98. The standard InChI is InChI=1S/C30H23F3N2O4/c1-16-10-21-24(14-20(16)29(34)38)35-9-6-25(21)39-26-15-22(32)18(12-23(26)33)13-28(37)30(7-8-30)27(36)11-17-2-4-19(31)5-3-17/h2-6,9-10,12,14-15H,7-8,11,13H2,1H3,(H2,34,38). The molecule has 1 aliphatic rings. The van der Waals surface area contributed by atoms with E-state index in [1.807, 2.05) is 0 Å². The van der Waals surface area contributed by atoms with E-state index in [1.165, 1.54) is 42.6 Å². The van der Waals surface area contributed by atoms with Crippen molar-refractivity contribution in [2.75, 3.05) is 0 Å². The third kappa shape index (κ3) is 5.12. The monoisotopic (exact) mass is 532 g/mol. The van der Waals surface area contributed by atoms with Crippen LogP contribution in [0.1, 0.15) is 39.9 Å². The van der Waals surface area contributed by atoms with Gasteiger partial charge in [0.05, 0.1) is 10.9 Å². The molecule has 0 radical (unpaired) electrons. The molecule has 4 aromatic rings. The van der Waals surface area contributed by atoms with E-state index in [2.05, 4.69) is 4.98 Å². The molecule has 9 heteroatoms. The molecule has 198 valence electrons. The van der Waals surface area contributed by atoms with Gasteiger partial charge in [0.1, 0.15) is 17.4 Å². The van der Waals surface area contributed by atoms with Gasteiger partial charge >= 0.3 is 0 Å². The summed E-state index contributed by atoms with van der Waals surface area (Å²) in [6.45, 7) is 1.68. The van der Waals surface area contributed by atoms with Crippen LogP contribution in [0.2, 0.25) is 0 Å². The first-order chi connectivity index (χ1) is 18.6. The first-order valence-electron chi connectivity index (χ1n) is 12.2. The third-order valence-electron chi connectivity index (χ3n) is 7.08. The fourth-order valence-electron chi connectivity index (χ4n) is 4.67.